The first-order chi connectivity index (χ1) is 6.74. The molecule has 0 radical (unpaired) electrons. The van der Waals surface area contributed by atoms with Gasteiger partial charge in [0.05, 0.1) is 0 Å². The molecule has 2 heteroatoms. The van der Waals surface area contributed by atoms with Gasteiger partial charge in [0.15, 0.2) is 0 Å². The molecule has 0 aliphatic heterocycles. The Morgan fingerprint density at radius 1 is 1.29 bits per heavy atom. The van der Waals surface area contributed by atoms with Gasteiger partial charge in [-0.15, -0.1) is 0 Å². The summed E-state index contributed by atoms with van der Waals surface area (Å²) in [7, 11) is 2.04. The molecule has 0 spiro atoms. The predicted octanol–water partition coefficient (Wildman–Crippen LogP) is 2.99. The van der Waals surface area contributed by atoms with Crippen molar-refractivity contribution >= 4 is 15.9 Å². The summed E-state index contributed by atoms with van der Waals surface area (Å²) in [5, 5.41) is 3.29. The molecule has 1 nitrogen and oxygen atoms in total. The Morgan fingerprint density at radius 2 is 1.93 bits per heavy atom. The molecule has 1 N–H and O–H groups in total. The highest BCUT2D eigenvalue weighted by Crippen LogP contribution is 2.47. The molecule has 1 aromatic rings. The molecule has 2 rings (SSSR count). The first-order valence-electron chi connectivity index (χ1n) is 5.13. The molecule has 76 valence electrons. The van der Waals surface area contributed by atoms with Crippen molar-refractivity contribution in [2.75, 3.05) is 13.6 Å². The third kappa shape index (κ3) is 2.37. The number of hydrogen-bond acceptors (Lipinski definition) is 1. The van der Waals surface area contributed by atoms with E-state index in [4.69, 9.17) is 0 Å². The Labute approximate surface area is 94.0 Å². The lowest BCUT2D eigenvalue weighted by Gasteiger charge is -2.14. The monoisotopic (exact) mass is 253 g/mol. The molecule has 1 aliphatic rings. The van der Waals surface area contributed by atoms with E-state index < -0.39 is 0 Å². The molecular formula is C12H16BrN. The summed E-state index contributed by atoms with van der Waals surface area (Å²) < 4.78 is 1.17. The van der Waals surface area contributed by atoms with Gasteiger partial charge in [-0.3, -0.25) is 0 Å². The molecule has 0 atom stereocenters. The molecular weight excluding hydrogens is 238 g/mol. The van der Waals surface area contributed by atoms with Crippen molar-refractivity contribution in [3.05, 3.63) is 34.3 Å². The fourth-order valence-electron chi connectivity index (χ4n) is 2.00. The minimum atomic E-state index is 0.572. The Balaban J connectivity index is 2.00. The van der Waals surface area contributed by atoms with Crippen LogP contribution >= 0.6 is 15.9 Å². The lowest BCUT2D eigenvalue weighted by atomic mass is 9.96. The van der Waals surface area contributed by atoms with Gasteiger partial charge in [-0.05, 0) is 49.4 Å². The van der Waals surface area contributed by atoms with E-state index in [2.05, 4.69) is 45.5 Å². The maximum absolute atomic E-state index is 3.46. The quantitative estimate of drug-likeness (QED) is 0.871. The van der Waals surface area contributed by atoms with Crippen molar-refractivity contribution in [2.45, 2.75) is 19.3 Å². The van der Waals surface area contributed by atoms with E-state index in [-0.39, 0.29) is 0 Å². The average Bonchev–Trinajstić information content (AvgIpc) is 2.90. The summed E-state index contributed by atoms with van der Waals surface area (Å²) in [4.78, 5) is 0. The molecule has 14 heavy (non-hydrogen) atoms. The van der Waals surface area contributed by atoms with E-state index in [9.17, 15) is 0 Å². The molecule has 1 fully saturated rings. The number of benzene rings is 1. The SMILES string of the molecule is CNCC1(Cc2ccc(Br)cc2)CC1. The van der Waals surface area contributed by atoms with Crippen molar-refractivity contribution in [1.82, 2.24) is 5.32 Å². The van der Waals surface area contributed by atoms with Crippen LogP contribution in [0.4, 0.5) is 0 Å². The van der Waals surface area contributed by atoms with E-state index in [1.54, 1.807) is 0 Å². The summed E-state index contributed by atoms with van der Waals surface area (Å²) in [5.74, 6) is 0. The largest absolute Gasteiger partial charge is 0.319 e. The van der Waals surface area contributed by atoms with E-state index >= 15 is 0 Å². The second kappa shape index (κ2) is 4.03. The molecule has 0 amide bonds. The molecule has 0 bridgehead atoms. The molecule has 0 heterocycles. The zero-order valence-electron chi connectivity index (χ0n) is 8.52. The van der Waals surface area contributed by atoms with Crippen LogP contribution in [0, 0.1) is 5.41 Å². The molecule has 1 saturated carbocycles. The Bertz CT molecular complexity index is 301. The third-order valence-electron chi connectivity index (χ3n) is 3.00. The van der Waals surface area contributed by atoms with Gasteiger partial charge in [0.25, 0.3) is 0 Å². The van der Waals surface area contributed by atoms with Gasteiger partial charge in [0.1, 0.15) is 0 Å². The Morgan fingerprint density at radius 3 is 2.43 bits per heavy atom. The second-order valence-electron chi connectivity index (χ2n) is 4.33. The van der Waals surface area contributed by atoms with Crippen LogP contribution in [0.15, 0.2) is 28.7 Å². The third-order valence-corrected chi connectivity index (χ3v) is 3.53. The standard InChI is InChI=1S/C12H16BrN/c1-14-9-12(6-7-12)8-10-2-4-11(13)5-3-10/h2-5,14H,6-9H2,1H3. The number of rotatable bonds is 4. The highest BCUT2D eigenvalue weighted by Gasteiger charge is 2.41. The fraction of sp³-hybridized carbons (Fsp3) is 0.500. The Hall–Kier alpha value is -0.340. The summed E-state index contributed by atoms with van der Waals surface area (Å²) in [6.45, 7) is 1.16. The number of nitrogens with one attached hydrogen (secondary N) is 1. The summed E-state index contributed by atoms with van der Waals surface area (Å²) in [6.07, 6.45) is 3.98. The molecule has 0 unspecified atom stereocenters. The first kappa shape index (κ1) is 10.2. The van der Waals surface area contributed by atoms with E-state index in [1.165, 1.54) is 29.3 Å². The van der Waals surface area contributed by atoms with Crippen LogP contribution in [0.25, 0.3) is 0 Å². The van der Waals surface area contributed by atoms with Crippen molar-refractivity contribution in [2.24, 2.45) is 5.41 Å². The molecule has 1 aromatic carbocycles. The molecule has 0 aromatic heterocycles. The van der Waals surface area contributed by atoms with Gasteiger partial charge in [-0.25, -0.2) is 0 Å². The highest BCUT2D eigenvalue weighted by molar-refractivity contribution is 9.10. The minimum Gasteiger partial charge on any atom is -0.319 e. The van der Waals surface area contributed by atoms with E-state index in [1.807, 2.05) is 7.05 Å². The van der Waals surface area contributed by atoms with Crippen molar-refractivity contribution in [3.8, 4) is 0 Å². The average molecular weight is 254 g/mol. The molecule has 0 saturated heterocycles. The minimum absolute atomic E-state index is 0.572. The van der Waals surface area contributed by atoms with Crippen LogP contribution in [0.2, 0.25) is 0 Å². The van der Waals surface area contributed by atoms with Crippen molar-refractivity contribution < 1.29 is 0 Å². The highest BCUT2D eigenvalue weighted by atomic mass is 79.9. The van der Waals surface area contributed by atoms with Crippen LogP contribution in [0.5, 0.6) is 0 Å². The van der Waals surface area contributed by atoms with Gasteiger partial charge >= 0.3 is 0 Å². The maximum Gasteiger partial charge on any atom is 0.0175 e. The number of hydrogen-bond donors (Lipinski definition) is 1. The van der Waals surface area contributed by atoms with Crippen LogP contribution in [0.3, 0.4) is 0 Å². The van der Waals surface area contributed by atoms with Crippen LogP contribution in [-0.2, 0) is 6.42 Å². The molecule has 1 aliphatic carbocycles. The summed E-state index contributed by atoms with van der Waals surface area (Å²) in [5.41, 5.74) is 2.03. The van der Waals surface area contributed by atoms with Crippen LogP contribution in [-0.4, -0.2) is 13.6 Å². The van der Waals surface area contributed by atoms with Gasteiger partial charge < -0.3 is 5.32 Å². The van der Waals surface area contributed by atoms with Crippen molar-refractivity contribution in [3.63, 3.8) is 0 Å². The zero-order valence-corrected chi connectivity index (χ0v) is 10.1. The van der Waals surface area contributed by atoms with E-state index in [0.717, 1.165) is 6.54 Å². The summed E-state index contributed by atoms with van der Waals surface area (Å²) >= 11 is 3.46. The summed E-state index contributed by atoms with van der Waals surface area (Å²) in [6, 6.07) is 8.70. The second-order valence-corrected chi connectivity index (χ2v) is 5.25. The van der Waals surface area contributed by atoms with Gasteiger partial charge in [0, 0.05) is 11.0 Å². The first-order valence-corrected chi connectivity index (χ1v) is 5.92. The number of halogens is 1. The predicted molar refractivity (Wildman–Crippen MR) is 63.4 cm³/mol. The zero-order chi connectivity index (χ0) is 10.0. The lowest BCUT2D eigenvalue weighted by Crippen LogP contribution is -2.21. The lowest BCUT2D eigenvalue weighted by molar-refractivity contribution is 0.478. The normalized spacial score (nSPS) is 18.1. The maximum atomic E-state index is 3.46. The van der Waals surface area contributed by atoms with Gasteiger partial charge in [-0.1, -0.05) is 28.1 Å². The van der Waals surface area contributed by atoms with Gasteiger partial charge in [-0.2, -0.15) is 0 Å². The van der Waals surface area contributed by atoms with Crippen LogP contribution < -0.4 is 5.32 Å². The van der Waals surface area contributed by atoms with Crippen molar-refractivity contribution in [1.29, 1.82) is 0 Å². The Kier molecular flexibility index (Phi) is 2.93. The smallest absolute Gasteiger partial charge is 0.0175 e. The fourth-order valence-corrected chi connectivity index (χ4v) is 2.27. The van der Waals surface area contributed by atoms with E-state index in [0.29, 0.717) is 5.41 Å². The van der Waals surface area contributed by atoms with Gasteiger partial charge in [0.2, 0.25) is 0 Å². The van der Waals surface area contributed by atoms with Crippen LogP contribution in [0.1, 0.15) is 18.4 Å². The topological polar surface area (TPSA) is 12.0 Å².